The first kappa shape index (κ1) is 15.7. The van der Waals surface area contributed by atoms with Gasteiger partial charge in [-0.2, -0.15) is 0 Å². The second kappa shape index (κ2) is 9.57. The number of hydrogen-bond acceptors (Lipinski definition) is 1. The summed E-state index contributed by atoms with van der Waals surface area (Å²) in [4.78, 5) is 0. The van der Waals surface area contributed by atoms with Crippen molar-refractivity contribution in [2.45, 2.75) is 51.9 Å². The predicted molar refractivity (Wildman–Crippen MR) is 84.2 cm³/mol. The van der Waals surface area contributed by atoms with E-state index in [4.69, 9.17) is 0 Å². The van der Waals surface area contributed by atoms with Gasteiger partial charge in [0.15, 0.2) is 0 Å². The molecule has 0 aliphatic rings. The van der Waals surface area contributed by atoms with Crippen LogP contribution in [0.25, 0.3) is 0 Å². The van der Waals surface area contributed by atoms with Crippen LogP contribution >= 0.6 is 15.9 Å². The first-order valence-electron chi connectivity index (χ1n) is 7.24. The molecule has 0 amide bonds. The summed E-state index contributed by atoms with van der Waals surface area (Å²) in [6, 6.07) is 8.82. The Kier molecular flexibility index (Phi) is 8.36. The number of benzene rings is 1. The average Bonchev–Trinajstić information content (AvgIpc) is 2.39. The fraction of sp³-hybridized carbons (Fsp3) is 0.625. The number of hydrogen-bond donors (Lipinski definition) is 1. The fourth-order valence-electron chi connectivity index (χ4n) is 2.26. The van der Waals surface area contributed by atoms with E-state index < -0.39 is 0 Å². The maximum absolute atomic E-state index is 3.50. The lowest BCUT2D eigenvalue weighted by atomic mass is 9.93. The van der Waals surface area contributed by atoms with Crippen molar-refractivity contribution in [2.75, 3.05) is 13.1 Å². The van der Waals surface area contributed by atoms with Crippen LogP contribution in [0, 0.1) is 0 Å². The van der Waals surface area contributed by atoms with Crippen LogP contribution in [0.4, 0.5) is 0 Å². The Balaban J connectivity index is 2.51. The van der Waals surface area contributed by atoms with Crippen molar-refractivity contribution < 1.29 is 0 Å². The summed E-state index contributed by atoms with van der Waals surface area (Å²) >= 11 is 3.50. The lowest BCUT2D eigenvalue weighted by molar-refractivity contribution is 0.520. The van der Waals surface area contributed by atoms with Crippen molar-refractivity contribution in [1.82, 2.24) is 5.32 Å². The molecule has 0 heterocycles. The molecule has 0 aromatic heterocycles. The van der Waals surface area contributed by atoms with E-state index in [1.54, 1.807) is 0 Å². The van der Waals surface area contributed by atoms with Crippen molar-refractivity contribution in [3.8, 4) is 0 Å². The minimum atomic E-state index is 0.662. The normalized spacial score (nSPS) is 12.6. The third kappa shape index (κ3) is 6.01. The molecule has 0 fully saturated rings. The molecule has 0 bridgehead atoms. The zero-order chi connectivity index (χ0) is 13.2. The molecule has 1 N–H and O–H groups in total. The average molecular weight is 312 g/mol. The monoisotopic (exact) mass is 311 g/mol. The van der Waals surface area contributed by atoms with Crippen LogP contribution in [0.1, 0.15) is 57.4 Å². The summed E-state index contributed by atoms with van der Waals surface area (Å²) < 4.78 is 1.17. The van der Waals surface area contributed by atoms with E-state index in [0.29, 0.717) is 5.92 Å². The highest BCUT2D eigenvalue weighted by molar-refractivity contribution is 9.10. The Morgan fingerprint density at radius 3 is 2.39 bits per heavy atom. The highest BCUT2D eigenvalue weighted by Crippen LogP contribution is 2.23. The maximum atomic E-state index is 3.50. The Bertz CT molecular complexity index is 307. The smallest absolute Gasteiger partial charge is 0.0175 e. The second-order valence-corrected chi connectivity index (χ2v) is 5.82. The Morgan fingerprint density at radius 2 is 1.78 bits per heavy atom. The number of likely N-dealkylation sites (N-methyl/N-ethyl adjacent to an activating group) is 1. The number of unbranched alkanes of at least 4 members (excludes halogenated alkanes) is 3. The third-order valence-corrected chi connectivity index (χ3v) is 3.92. The van der Waals surface area contributed by atoms with Gasteiger partial charge >= 0.3 is 0 Å². The van der Waals surface area contributed by atoms with Crippen molar-refractivity contribution >= 4 is 15.9 Å². The van der Waals surface area contributed by atoms with Crippen molar-refractivity contribution in [3.05, 3.63) is 34.3 Å². The fourth-order valence-corrected chi connectivity index (χ4v) is 2.52. The maximum Gasteiger partial charge on any atom is 0.0175 e. The summed E-state index contributed by atoms with van der Waals surface area (Å²) in [7, 11) is 0. The quantitative estimate of drug-likeness (QED) is 0.625. The van der Waals surface area contributed by atoms with Crippen molar-refractivity contribution in [3.63, 3.8) is 0 Å². The van der Waals surface area contributed by atoms with E-state index in [0.717, 1.165) is 13.1 Å². The first-order valence-corrected chi connectivity index (χ1v) is 8.03. The molecular weight excluding hydrogens is 286 g/mol. The van der Waals surface area contributed by atoms with E-state index >= 15 is 0 Å². The van der Waals surface area contributed by atoms with Gasteiger partial charge < -0.3 is 5.32 Å². The van der Waals surface area contributed by atoms with Crippen molar-refractivity contribution in [1.29, 1.82) is 0 Å². The van der Waals surface area contributed by atoms with Crippen LogP contribution in [0.3, 0.4) is 0 Å². The SMILES string of the molecule is CCCCCCC(CNCC)c1ccc(Br)cc1. The molecule has 2 heteroatoms. The predicted octanol–water partition coefficient (Wildman–Crippen LogP) is 5.11. The van der Waals surface area contributed by atoms with Gasteiger partial charge in [-0.25, -0.2) is 0 Å². The molecular formula is C16H26BrN. The van der Waals surface area contributed by atoms with E-state index in [1.807, 2.05) is 0 Å². The molecule has 18 heavy (non-hydrogen) atoms. The van der Waals surface area contributed by atoms with Gasteiger partial charge in [0.05, 0.1) is 0 Å². The molecule has 1 aromatic carbocycles. The zero-order valence-corrected chi connectivity index (χ0v) is 13.3. The van der Waals surface area contributed by atoms with Gasteiger partial charge in [-0.15, -0.1) is 0 Å². The third-order valence-electron chi connectivity index (χ3n) is 3.39. The molecule has 0 radical (unpaired) electrons. The minimum absolute atomic E-state index is 0.662. The summed E-state index contributed by atoms with van der Waals surface area (Å²) in [6.45, 7) is 6.60. The second-order valence-electron chi connectivity index (χ2n) is 4.91. The molecule has 0 aliphatic heterocycles. The van der Waals surface area contributed by atoms with Crippen LogP contribution in [0.15, 0.2) is 28.7 Å². The minimum Gasteiger partial charge on any atom is -0.316 e. The van der Waals surface area contributed by atoms with Crippen LogP contribution in [-0.4, -0.2) is 13.1 Å². The molecule has 0 saturated carbocycles. The highest BCUT2D eigenvalue weighted by Gasteiger charge is 2.10. The standard InChI is InChI=1S/C16H26BrN/c1-3-5-6-7-8-15(13-18-4-2)14-9-11-16(17)12-10-14/h9-12,15,18H,3-8,13H2,1-2H3. The Morgan fingerprint density at radius 1 is 1.06 bits per heavy atom. The van der Waals surface area contributed by atoms with Crippen LogP contribution in [0.2, 0.25) is 0 Å². The molecule has 0 aliphatic carbocycles. The van der Waals surface area contributed by atoms with Gasteiger partial charge in [-0.05, 0) is 36.6 Å². The Hall–Kier alpha value is -0.340. The van der Waals surface area contributed by atoms with Crippen molar-refractivity contribution in [2.24, 2.45) is 0 Å². The van der Waals surface area contributed by atoms with Gasteiger partial charge in [-0.3, -0.25) is 0 Å². The van der Waals surface area contributed by atoms with E-state index in [-0.39, 0.29) is 0 Å². The topological polar surface area (TPSA) is 12.0 Å². The lowest BCUT2D eigenvalue weighted by Crippen LogP contribution is -2.21. The van der Waals surface area contributed by atoms with E-state index in [9.17, 15) is 0 Å². The number of rotatable bonds is 9. The number of halogens is 1. The molecule has 1 unspecified atom stereocenters. The lowest BCUT2D eigenvalue weighted by Gasteiger charge is -2.18. The largest absolute Gasteiger partial charge is 0.316 e. The first-order chi connectivity index (χ1) is 8.77. The van der Waals surface area contributed by atoms with Gasteiger partial charge in [0.25, 0.3) is 0 Å². The molecule has 0 saturated heterocycles. The molecule has 1 rings (SSSR count). The molecule has 1 aromatic rings. The van der Waals surface area contributed by atoms with Gasteiger partial charge in [0, 0.05) is 11.0 Å². The molecule has 1 nitrogen and oxygen atoms in total. The van der Waals surface area contributed by atoms with Crippen LogP contribution in [-0.2, 0) is 0 Å². The highest BCUT2D eigenvalue weighted by atomic mass is 79.9. The summed E-state index contributed by atoms with van der Waals surface area (Å²) in [5.74, 6) is 0.662. The molecule has 1 atom stereocenters. The van der Waals surface area contributed by atoms with E-state index in [1.165, 1.54) is 42.1 Å². The van der Waals surface area contributed by atoms with Crippen LogP contribution in [0.5, 0.6) is 0 Å². The van der Waals surface area contributed by atoms with Gasteiger partial charge in [-0.1, -0.05) is 67.6 Å². The zero-order valence-electron chi connectivity index (χ0n) is 11.7. The van der Waals surface area contributed by atoms with E-state index in [2.05, 4.69) is 59.4 Å². The summed E-state index contributed by atoms with van der Waals surface area (Å²) in [5, 5.41) is 3.49. The molecule has 0 spiro atoms. The Labute approximate surface area is 120 Å². The van der Waals surface area contributed by atoms with Gasteiger partial charge in [0.1, 0.15) is 0 Å². The van der Waals surface area contributed by atoms with Gasteiger partial charge in [0.2, 0.25) is 0 Å². The van der Waals surface area contributed by atoms with Crippen LogP contribution < -0.4 is 5.32 Å². The summed E-state index contributed by atoms with van der Waals surface area (Å²) in [5.41, 5.74) is 1.47. The summed E-state index contributed by atoms with van der Waals surface area (Å²) in [6.07, 6.45) is 6.70. The number of nitrogens with one attached hydrogen (secondary N) is 1. The molecule has 102 valence electrons.